The molecule has 1 aromatic rings. The first-order valence-electron chi connectivity index (χ1n) is 7.48. The van der Waals surface area contributed by atoms with E-state index in [1.54, 1.807) is 0 Å². The number of amides is 2. The number of thioether (sulfide) groups is 1. The molecule has 1 aliphatic heterocycles. The van der Waals surface area contributed by atoms with E-state index in [9.17, 15) is 18.0 Å². The summed E-state index contributed by atoms with van der Waals surface area (Å²) in [5.74, 6) is 0.109. The number of fused-ring (bicyclic) bond motifs is 1. The molecule has 0 radical (unpaired) electrons. The average Bonchev–Trinajstić information content (AvgIpc) is 3.32. The number of hydrogen-bond donors (Lipinski definition) is 1. The van der Waals surface area contributed by atoms with E-state index in [-0.39, 0.29) is 28.1 Å². The van der Waals surface area contributed by atoms with Crippen LogP contribution in [0.3, 0.4) is 0 Å². The molecule has 24 heavy (non-hydrogen) atoms. The average molecular weight is 377 g/mol. The third-order valence-electron chi connectivity index (χ3n) is 4.21. The topological polar surface area (TPSA) is 32.3 Å². The lowest BCUT2D eigenvalue weighted by molar-refractivity contribution is -0.164. The molecule has 2 aliphatic rings. The second-order valence-corrected chi connectivity index (χ2v) is 7.66. The molecule has 3 nitrogen and oxygen atoms in total. The van der Waals surface area contributed by atoms with Crippen LogP contribution in [0, 0.1) is 0 Å². The van der Waals surface area contributed by atoms with Crippen LogP contribution in [0.2, 0.25) is 5.02 Å². The standard InChI is InChI=1S/C16H16ClF3N2OS/c1-2-7-24-15(16(18,19)20)9-22(11-4-5-11)14(23)21-13-6-3-10(17)8-12(13)15/h2-3,6,8,11H,1,4-5,7,9H2,(H,21,23)/t15-/m0/s1. The molecule has 0 saturated heterocycles. The van der Waals surface area contributed by atoms with Crippen molar-refractivity contribution in [3.8, 4) is 0 Å². The van der Waals surface area contributed by atoms with Crippen LogP contribution >= 0.6 is 23.4 Å². The van der Waals surface area contributed by atoms with Gasteiger partial charge in [-0.3, -0.25) is 0 Å². The lowest BCUT2D eigenvalue weighted by Crippen LogP contribution is -2.50. The number of rotatable bonds is 4. The highest BCUT2D eigenvalue weighted by atomic mass is 35.5. The highest BCUT2D eigenvalue weighted by Crippen LogP contribution is 2.54. The Morgan fingerprint density at radius 3 is 2.75 bits per heavy atom. The maximum atomic E-state index is 14.2. The number of nitrogens with one attached hydrogen (secondary N) is 1. The third kappa shape index (κ3) is 2.99. The lowest BCUT2D eigenvalue weighted by Gasteiger charge is -2.37. The fraction of sp³-hybridized carbons (Fsp3) is 0.438. The van der Waals surface area contributed by atoms with Crippen LogP contribution in [-0.2, 0) is 4.75 Å². The Labute approximate surface area is 147 Å². The molecule has 1 heterocycles. The van der Waals surface area contributed by atoms with E-state index in [4.69, 9.17) is 11.6 Å². The van der Waals surface area contributed by atoms with E-state index >= 15 is 0 Å². The van der Waals surface area contributed by atoms with Gasteiger partial charge in [-0.2, -0.15) is 13.2 Å². The highest BCUT2D eigenvalue weighted by Gasteiger charge is 2.60. The Morgan fingerprint density at radius 1 is 1.46 bits per heavy atom. The third-order valence-corrected chi connectivity index (χ3v) is 5.92. The van der Waals surface area contributed by atoms with Gasteiger partial charge in [-0.1, -0.05) is 17.7 Å². The van der Waals surface area contributed by atoms with Crippen molar-refractivity contribution < 1.29 is 18.0 Å². The van der Waals surface area contributed by atoms with Gasteiger partial charge in [-0.25, -0.2) is 4.79 Å². The molecule has 3 rings (SSSR count). The number of carbonyl (C=O) groups is 1. The van der Waals surface area contributed by atoms with Crippen LogP contribution in [-0.4, -0.2) is 35.4 Å². The van der Waals surface area contributed by atoms with Gasteiger partial charge in [0.15, 0.2) is 4.75 Å². The lowest BCUT2D eigenvalue weighted by atomic mass is 9.95. The quantitative estimate of drug-likeness (QED) is 0.748. The second kappa shape index (κ2) is 6.19. The molecule has 0 spiro atoms. The van der Waals surface area contributed by atoms with Gasteiger partial charge in [-0.15, -0.1) is 18.3 Å². The van der Waals surface area contributed by atoms with Crippen molar-refractivity contribution in [2.24, 2.45) is 0 Å². The molecular weight excluding hydrogens is 361 g/mol. The summed E-state index contributed by atoms with van der Waals surface area (Å²) in [4.78, 5) is 13.7. The zero-order valence-corrected chi connectivity index (χ0v) is 14.3. The molecule has 1 N–H and O–H groups in total. The number of urea groups is 1. The number of hydrogen-bond acceptors (Lipinski definition) is 2. The molecule has 130 valence electrons. The zero-order chi connectivity index (χ0) is 17.5. The van der Waals surface area contributed by atoms with Gasteiger partial charge in [-0.05, 0) is 31.0 Å². The van der Waals surface area contributed by atoms with E-state index in [0.29, 0.717) is 0 Å². The molecule has 1 aromatic carbocycles. The van der Waals surface area contributed by atoms with Crippen LogP contribution < -0.4 is 5.32 Å². The minimum absolute atomic E-state index is 0.00847. The van der Waals surface area contributed by atoms with Gasteiger partial charge in [0.05, 0.1) is 6.54 Å². The Bertz CT molecular complexity index is 678. The first-order valence-corrected chi connectivity index (χ1v) is 8.84. The Balaban J connectivity index is 2.19. The number of halogens is 4. The summed E-state index contributed by atoms with van der Waals surface area (Å²) >= 11 is 6.70. The smallest absolute Gasteiger partial charge is 0.319 e. The molecule has 1 fully saturated rings. The fourth-order valence-electron chi connectivity index (χ4n) is 2.87. The number of nitrogens with zero attached hydrogens (tertiary/aromatic N) is 1. The van der Waals surface area contributed by atoms with E-state index in [0.717, 1.165) is 24.6 Å². The molecule has 0 bridgehead atoms. The van der Waals surface area contributed by atoms with Crippen LogP contribution in [0.15, 0.2) is 30.9 Å². The molecule has 1 aliphatic carbocycles. The first-order chi connectivity index (χ1) is 11.3. The number of carbonyl (C=O) groups excluding carboxylic acids is 1. The van der Waals surface area contributed by atoms with E-state index < -0.39 is 23.5 Å². The van der Waals surface area contributed by atoms with Gasteiger partial charge < -0.3 is 10.2 Å². The summed E-state index contributed by atoms with van der Waals surface area (Å²) in [7, 11) is 0. The molecule has 0 unspecified atom stereocenters. The van der Waals surface area contributed by atoms with Crippen molar-refractivity contribution in [3.63, 3.8) is 0 Å². The number of anilines is 1. The second-order valence-electron chi connectivity index (χ2n) is 5.90. The zero-order valence-electron chi connectivity index (χ0n) is 12.7. The van der Waals surface area contributed by atoms with Crippen LogP contribution in [0.4, 0.5) is 23.7 Å². The van der Waals surface area contributed by atoms with Gasteiger partial charge in [0.2, 0.25) is 0 Å². The van der Waals surface area contributed by atoms with Crippen LogP contribution in [0.25, 0.3) is 0 Å². The monoisotopic (exact) mass is 376 g/mol. The Hall–Kier alpha value is -1.34. The Morgan fingerprint density at radius 2 is 2.17 bits per heavy atom. The molecule has 0 aromatic heterocycles. The normalized spacial score (nSPS) is 24.2. The van der Waals surface area contributed by atoms with Crippen molar-refractivity contribution in [3.05, 3.63) is 41.4 Å². The fourth-order valence-corrected chi connectivity index (χ4v) is 4.17. The van der Waals surface area contributed by atoms with Gasteiger partial charge >= 0.3 is 12.2 Å². The molecule has 8 heteroatoms. The largest absolute Gasteiger partial charge is 0.409 e. The molecule has 1 atom stereocenters. The van der Waals surface area contributed by atoms with E-state index in [1.807, 2.05) is 0 Å². The van der Waals surface area contributed by atoms with Crippen LogP contribution in [0.1, 0.15) is 18.4 Å². The summed E-state index contributed by atoms with van der Waals surface area (Å²) in [6.45, 7) is 3.09. The predicted molar refractivity (Wildman–Crippen MR) is 90.6 cm³/mol. The maximum Gasteiger partial charge on any atom is 0.409 e. The SMILES string of the molecule is C=CCS[C@@]1(C(F)(F)F)CN(C2CC2)C(=O)Nc2ccc(Cl)cc21. The predicted octanol–water partition coefficient (Wildman–Crippen LogP) is 5.03. The van der Waals surface area contributed by atoms with Crippen molar-refractivity contribution in [1.82, 2.24) is 4.90 Å². The van der Waals surface area contributed by atoms with Crippen molar-refractivity contribution >= 4 is 35.1 Å². The first kappa shape index (κ1) is 17.5. The highest BCUT2D eigenvalue weighted by molar-refractivity contribution is 8.00. The Kier molecular flexibility index (Phi) is 4.51. The minimum atomic E-state index is -4.56. The summed E-state index contributed by atoms with van der Waals surface area (Å²) in [6.07, 6.45) is -1.67. The summed E-state index contributed by atoms with van der Waals surface area (Å²) in [6, 6.07) is 3.58. The molecular formula is C16H16ClF3N2OS. The van der Waals surface area contributed by atoms with Crippen LogP contribution in [0.5, 0.6) is 0 Å². The van der Waals surface area contributed by atoms with Crippen molar-refractivity contribution in [2.75, 3.05) is 17.6 Å². The van der Waals surface area contributed by atoms with Gasteiger partial charge in [0.25, 0.3) is 0 Å². The van der Waals surface area contributed by atoms with E-state index in [2.05, 4.69) is 11.9 Å². The van der Waals surface area contributed by atoms with Crippen molar-refractivity contribution in [1.29, 1.82) is 0 Å². The summed E-state index contributed by atoms with van der Waals surface area (Å²) < 4.78 is 40.4. The van der Waals surface area contributed by atoms with E-state index in [1.165, 1.54) is 29.2 Å². The van der Waals surface area contributed by atoms with Gasteiger partial charge in [0, 0.05) is 28.1 Å². The van der Waals surface area contributed by atoms with Gasteiger partial charge in [0.1, 0.15) is 0 Å². The number of benzene rings is 1. The maximum absolute atomic E-state index is 14.2. The number of alkyl halides is 3. The summed E-state index contributed by atoms with van der Waals surface area (Å²) in [5, 5.41) is 2.82. The molecule has 1 saturated carbocycles. The summed E-state index contributed by atoms with van der Waals surface area (Å²) in [5.41, 5.74) is 0.146. The van der Waals surface area contributed by atoms with Crippen molar-refractivity contribution in [2.45, 2.75) is 29.8 Å². The molecule has 2 amide bonds. The minimum Gasteiger partial charge on any atom is -0.319 e.